The van der Waals surface area contributed by atoms with E-state index >= 15 is 0 Å². The van der Waals surface area contributed by atoms with Crippen molar-refractivity contribution in [2.24, 2.45) is 0 Å². The van der Waals surface area contributed by atoms with Gasteiger partial charge in [-0.15, -0.1) is 0 Å². The first kappa shape index (κ1) is 7.98. The molecule has 0 bridgehead atoms. The Kier molecular flexibility index (Phi) is 2.83. The Balaban J connectivity index is 2.64. The lowest BCUT2D eigenvalue weighted by Crippen LogP contribution is -2.04. The van der Waals surface area contributed by atoms with Crippen LogP contribution in [0.1, 0.15) is 25.5 Å². The highest BCUT2D eigenvalue weighted by Gasteiger charge is 1.92. The maximum absolute atomic E-state index is 10.8. The van der Waals surface area contributed by atoms with E-state index in [0.29, 0.717) is 0 Å². The molecule has 1 heterocycles. The molecule has 0 amide bonds. The zero-order valence-corrected chi connectivity index (χ0v) is 6.63. The molecule has 0 atom stereocenters. The summed E-state index contributed by atoms with van der Waals surface area (Å²) in [4.78, 5) is 10.8. The van der Waals surface area contributed by atoms with Gasteiger partial charge < -0.3 is 0 Å². The normalized spacial score (nSPS) is 9.91. The summed E-state index contributed by atoms with van der Waals surface area (Å²) in [6.45, 7) is 2.12. The predicted octanol–water partition coefficient (Wildman–Crippen LogP) is 1.11. The van der Waals surface area contributed by atoms with Crippen LogP contribution in [0, 0.1) is 0 Å². The molecular weight excluding hydrogens is 140 g/mol. The molecule has 11 heavy (non-hydrogen) atoms. The zero-order valence-electron chi connectivity index (χ0n) is 6.63. The van der Waals surface area contributed by atoms with E-state index in [1.165, 1.54) is 6.20 Å². The van der Waals surface area contributed by atoms with Gasteiger partial charge in [0.05, 0.1) is 6.20 Å². The van der Waals surface area contributed by atoms with Crippen LogP contribution < -0.4 is 5.43 Å². The van der Waals surface area contributed by atoms with E-state index in [1.807, 2.05) is 0 Å². The van der Waals surface area contributed by atoms with Crippen LogP contribution in [0.2, 0.25) is 0 Å². The Morgan fingerprint density at radius 1 is 1.64 bits per heavy atom. The topological polar surface area (TPSA) is 45.8 Å². The monoisotopic (exact) mass is 152 g/mol. The molecule has 0 aromatic carbocycles. The average molecular weight is 152 g/mol. The van der Waals surface area contributed by atoms with Crippen LogP contribution in [0.5, 0.6) is 0 Å². The van der Waals surface area contributed by atoms with Crippen LogP contribution in [0.4, 0.5) is 0 Å². The number of aromatic nitrogens is 2. The van der Waals surface area contributed by atoms with Gasteiger partial charge in [-0.2, -0.15) is 5.10 Å². The molecule has 0 unspecified atom stereocenters. The van der Waals surface area contributed by atoms with Gasteiger partial charge in [0.15, 0.2) is 5.43 Å². The Morgan fingerprint density at radius 2 is 2.45 bits per heavy atom. The number of aryl methyl sites for hydroxylation is 1. The second-order valence-corrected chi connectivity index (χ2v) is 2.55. The number of rotatable bonds is 3. The summed E-state index contributed by atoms with van der Waals surface area (Å²) in [5.41, 5.74) is 0.911. The molecule has 0 fully saturated rings. The van der Waals surface area contributed by atoms with E-state index in [4.69, 9.17) is 0 Å². The fourth-order valence-electron chi connectivity index (χ4n) is 0.915. The predicted molar refractivity (Wildman–Crippen MR) is 43.5 cm³/mol. The summed E-state index contributed by atoms with van der Waals surface area (Å²) in [7, 11) is 0. The summed E-state index contributed by atoms with van der Waals surface area (Å²) < 4.78 is 0. The summed E-state index contributed by atoms with van der Waals surface area (Å²) in [6.07, 6.45) is 4.44. The van der Waals surface area contributed by atoms with Crippen molar-refractivity contribution < 1.29 is 0 Å². The lowest BCUT2D eigenvalue weighted by molar-refractivity contribution is 0.757. The van der Waals surface area contributed by atoms with Crippen molar-refractivity contribution >= 4 is 0 Å². The quantitative estimate of drug-likeness (QED) is 0.705. The number of nitrogens with zero attached hydrogens (tertiary/aromatic N) is 1. The molecule has 0 radical (unpaired) electrons. The van der Waals surface area contributed by atoms with Gasteiger partial charge in [0.25, 0.3) is 0 Å². The third kappa shape index (κ3) is 2.53. The number of unbranched alkanes of at least 4 members (excludes halogenated alkanes) is 1. The molecule has 0 aliphatic rings. The van der Waals surface area contributed by atoms with Crippen LogP contribution in [-0.4, -0.2) is 10.2 Å². The number of H-pyrrole nitrogens is 1. The Bertz CT molecular complexity index is 267. The highest BCUT2D eigenvalue weighted by molar-refractivity contribution is 4.99. The van der Waals surface area contributed by atoms with Crippen LogP contribution in [0.15, 0.2) is 17.1 Å². The van der Waals surface area contributed by atoms with Gasteiger partial charge in [-0.3, -0.25) is 9.89 Å². The fourth-order valence-corrected chi connectivity index (χ4v) is 0.915. The van der Waals surface area contributed by atoms with E-state index in [1.54, 1.807) is 6.07 Å². The van der Waals surface area contributed by atoms with Crippen LogP contribution in [0.25, 0.3) is 0 Å². The maximum Gasteiger partial charge on any atom is 0.200 e. The minimum absolute atomic E-state index is 0.0187. The van der Waals surface area contributed by atoms with Crippen LogP contribution in [0.3, 0.4) is 0 Å². The smallest absolute Gasteiger partial charge is 0.200 e. The van der Waals surface area contributed by atoms with Crippen LogP contribution in [-0.2, 0) is 6.42 Å². The van der Waals surface area contributed by atoms with E-state index in [2.05, 4.69) is 17.1 Å². The Morgan fingerprint density at radius 3 is 3.09 bits per heavy atom. The molecule has 0 spiro atoms. The highest BCUT2D eigenvalue weighted by atomic mass is 16.1. The van der Waals surface area contributed by atoms with E-state index in [9.17, 15) is 4.79 Å². The standard InChI is InChI=1S/C8H12N2O/c1-2-3-4-7-5-8(11)6-9-10-7/h5-6H,2-4H2,1H3,(H,10,11). The first-order valence-electron chi connectivity index (χ1n) is 3.86. The molecule has 60 valence electrons. The highest BCUT2D eigenvalue weighted by Crippen LogP contribution is 1.96. The summed E-state index contributed by atoms with van der Waals surface area (Å²) >= 11 is 0. The Hall–Kier alpha value is -1.12. The second kappa shape index (κ2) is 3.91. The van der Waals surface area contributed by atoms with Crippen molar-refractivity contribution in [2.75, 3.05) is 0 Å². The lowest BCUT2D eigenvalue weighted by Gasteiger charge is -1.96. The number of nitrogens with one attached hydrogen (secondary N) is 1. The summed E-state index contributed by atoms with van der Waals surface area (Å²) in [6, 6.07) is 1.60. The van der Waals surface area contributed by atoms with E-state index < -0.39 is 0 Å². The molecule has 1 rings (SSSR count). The average Bonchev–Trinajstić information content (AvgIpc) is 2.01. The van der Waals surface area contributed by atoms with Crippen molar-refractivity contribution in [3.8, 4) is 0 Å². The van der Waals surface area contributed by atoms with E-state index in [0.717, 1.165) is 25.0 Å². The van der Waals surface area contributed by atoms with Gasteiger partial charge in [-0.05, 0) is 12.8 Å². The lowest BCUT2D eigenvalue weighted by atomic mass is 10.2. The number of hydrogen-bond donors (Lipinski definition) is 1. The molecule has 1 N–H and O–H groups in total. The number of aromatic amines is 1. The van der Waals surface area contributed by atoms with Gasteiger partial charge >= 0.3 is 0 Å². The summed E-state index contributed by atoms with van der Waals surface area (Å²) in [5, 5.41) is 6.49. The molecule has 0 aliphatic carbocycles. The third-order valence-corrected chi connectivity index (χ3v) is 1.52. The van der Waals surface area contributed by atoms with Gasteiger partial charge in [-0.1, -0.05) is 13.3 Å². The van der Waals surface area contributed by atoms with Crippen molar-refractivity contribution in [1.82, 2.24) is 10.2 Å². The molecule has 0 saturated heterocycles. The van der Waals surface area contributed by atoms with Gasteiger partial charge in [0.2, 0.25) is 0 Å². The summed E-state index contributed by atoms with van der Waals surface area (Å²) in [5.74, 6) is 0. The van der Waals surface area contributed by atoms with Crippen molar-refractivity contribution in [3.05, 3.63) is 28.2 Å². The second-order valence-electron chi connectivity index (χ2n) is 2.55. The third-order valence-electron chi connectivity index (χ3n) is 1.52. The minimum atomic E-state index is -0.0187. The maximum atomic E-state index is 10.8. The van der Waals surface area contributed by atoms with Gasteiger partial charge in [-0.25, -0.2) is 0 Å². The molecule has 0 saturated carbocycles. The van der Waals surface area contributed by atoms with Gasteiger partial charge in [0.1, 0.15) is 0 Å². The molecule has 0 aliphatic heterocycles. The van der Waals surface area contributed by atoms with E-state index in [-0.39, 0.29) is 5.43 Å². The molecule has 3 heteroatoms. The first-order valence-corrected chi connectivity index (χ1v) is 3.86. The molecular formula is C8H12N2O. The van der Waals surface area contributed by atoms with Crippen molar-refractivity contribution in [3.63, 3.8) is 0 Å². The van der Waals surface area contributed by atoms with Crippen molar-refractivity contribution in [1.29, 1.82) is 0 Å². The fraction of sp³-hybridized carbons (Fsp3) is 0.500. The SMILES string of the molecule is CCCCc1cc(=O)cn[nH]1. The largest absolute Gasteiger partial charge is 0.288 e. The Labute approximate surface area is 65.5 Å². The molecule has 3 nitrogen and oxygen atoms in total. The van der Waals surface area contributed by atoms with Crippen LogP contribution >= 0.6 is 0 Å². The molecule has 1 aromatic heterocycles. The van der Waals surface area contributed by atoms with Gasteiger partial charge in [0, 0.05) is 11.8 Å². The first-order chi connectivity index (χ1) is 5.33. The number of hydrogen-bond acceptors (Lipinski definition) is 2. The zero-order chi connectivity index (χ0) is 8.10. The molecule has 1 aromatic rings. The minimum Gasteiger partial charge on any atom is -0.288 e. The van der Waals surface area contributed by atoms with Crippen molar-refractivity contribution in [2.45, 2.75) is 26.2 Å².